The first-order valence-corrected chi connectivity index (χ1v) is 8.92. The SMILES string of the molecule is C[C@@H]1CNC[C@H](C)N1CC(=O)Nc1ccc(N2CCC(=O)NC2=O)cc1. The van der Waals surface area contributed by atoms with E-state index in [4.69, 9.17) is 0 Å². The second-order valence-corrected chi connectivity index (χ2v) is 6.88. The van der Waals surface area contributed by atoms with Crippen molar-refractivity contribution < 1.29 is 14.4 Å². The van der Waals surface area contributed by atoms with Crippen molar-refractivity contribution in [1.82, 2.24) is 15.5 Å². The van der Waals surface area contributed by atoms with Crippen molar-refractivity contribution in [2.75, 3.05) is 36.4 Å². The van der Waals surface area contributed by atoms with Crippen molar-refractivity contribution in [2.24, 2.45) is 0 Å². The van der Waals surface area contributed by atoms with Crippen molar-refractivity contribution >= 4 is 29.2 Å². The lowest BCUT2D eigenvalue weighted by molar-refractivity contribution is -0.120. The number of imide groups is 1. The lowest BCUT2D eigenvalue weighted by Gasteiger charge is -2.38. The van der Waals surface area contributed by atoms with E-state index in [1.807, 2.05) is 0 Å². The Morgan fingerprint density at radius 2 is 1.81 bits per heavy atom. The van der Waals surface area contributed by atoms with Gasteiger partial charge in [-0.2, -0.15) is 0 Å². The molecule has 2 saturated heterocycles. The number of carbonyl (C=O) groups is 3. The third kappa shape index (κ3) is 4.20. The molecular formula is C18H25N5O3. The van der Waals surface area contributed by atoms with Gasteiger partial charge >= 0.3 is 6.03 Å². The average Bonchev–Trinajstić information content (AvgIpc) is 2.59. The van der Waals surface area contributed by atoms with Crippen LogP contribution < -0.4 is 20.9 Å². The predicted molar refractivity (Wildman–Crippen MR) is 99.1 cm³/mol. The number of amides is 4. The predicted octanol–water partition coefficient (Wildman–Crippen LogP) is 0.754. The molecule has 1 aromatic rings. The molecule has 3 rings (SSSR count). The van der Waals surface area contributed by atoms with Crippen molar-refractivity contribution in [1.29, 1.82) is 0 Å². The van der Waals surface area contributed by atoms with Gasteiger partial charge in [0.05, 0.1) is 6.54 Å². The second kappa shape index (κ2) is 7.84. The van der Waals surface area contributed by atoms with E-state index in [1.165, 1.54) is 4.90 Å². The summed E-state index contributed by atoms with van der Waals surface area (Å²) >= 11 is 0. The van der Waals surface area contributed by atoms with Gasteiger partial charge in [-0.25, -0.2) is 4.79 Å². The number of piperazine rings is 1. The zero-order valence-electron chi connectivity index (χ0n) is 15.1. The minimum Gasteiger partial charge on any atom is -0.325 e. The van der Waals surface area contributed by atoms with E-state index in [2.05, 4.69) is 34.7 Å². The smallest absolute Gasteiger partial charge is 0.325 e. The van der Waals surface area contributed by atoms with E-state index in [-0.39, 0.29) is 18.2 Å². The lowest BCUT2D eigenvalue weighted by atomic mass is 10.1. The Morgan fingerprint density at radius 1 is 1.15 bits per heavy atom. The van der Waals surface area contributed by atoms with Gasteiger partial charge in [-0.3, -0.25) is 24.7 Å². The minimum atomic E-state index is -0.417. The molecule has 0 aromatic heterocycles. The molecular weight excluding hydrogens is 334 g/mol. The number of benzene rings is 1. The first-order valence-electron chi connectivity index (χ1n) is 8.92. The lowest BCUT2D eigenvalue weighted by Crippen LogP contribution is -2.56. The summed E-state index contributed by atoms with van der Waals surface area (Å²) < 4.78 is 0. The monoisotopic (exact) mass is 359 g/mol. The molecule has 8 heteroatoms. The first kappa shape index (κ1) is 18.3. The van der Waals surface area contributed by atoms with Crippen LogP contribution in [-0.2, 0) is 9.59 Å². The molecule has 1 aromatic carbocycles. The van der Waals surface area contributed by atoms with Gasteiger partial charge in [0.1, 0.15) is 0 Å². The molecule has 0 unspecified atom stereocenters. The Bertz CT molecular complexity index is 681. The molecule has 0 radical (unpaired) electrons. The molecule has 26 heavy (non-hydrogen) atoms. The zero-order valence-corrected chi connectivity index (χ0v) is 15.1. The standard InChI is InChI=1S/C18H25N5O3/c1-12-9-19-10-13(2)23(12)11-17(25)20-14-3-5-15(6-4-14)22-8-7-16(24)21-18(22)26/h3-6,12-13,19H,7-11H2,1-2H3,(H,20,25)(H,21,24,26)/t12-,13+. The fourth-order valence-corrected chi connectivity index (χ4v) is 3.38. The molecule has 2 aliphatic heterocycles. The van der Waals surface area contributed by atoms with Gasteiger partial charge in [0.25, 0.3) is 0 Å². The summed E-state index contributed by atoms with van der Waals surface area (Å²) in [7, 11) is 0. The Morgan fingerprint density at radius 3 is 2.42 bits per heavy atom. The van der Waals surface area contributed by atoms with Gasteiger partial charge in [0.2, 0.25) is 11.8 Å². The maximum absolute atomic E-state index is 12.4. The number of anilines is 2. The number of nitrogens with one attached hydrogen (secondary N) is 3. The molecule has 0 bridgehead atoms. The van der Waals surface area contributed by atoms with Gasteiger partial charge in [-0.15, -0.1) is 0 Å². The highest BCUT2D eigenvalue weighted by molar-refractivity contribution is 6.05. The summed E-state index contributed by atoms with van der Waals surface area (Å²) in [5.41, 5.74) is 1.38. The van der Waals surface area contributed by atoms with Gasteiger partial charge < -0.3 is 10.6 Å². The normalized spacial score (nSPS) is 24.3. The van der Waals surface area contributed by atoms with E-state index in [9.17, 15) is 14.4 Å². The first-order chi connectivity index (χ1) is 12.4. The van der Waals surface area contributed by atoms with Crippen LogP contribution in [0.3, 0.4) is 0 Å². The molecule has 0 aliphatic carbocycles. The van der Waals surface area contributed by atoms with Crippen LogP contribution in [-0.4, -0.2) is 61.0 Å². The maximum Gasteiger partial charge on any atom is 0.328 e. The third-order valence-corrected chi connectivity index (χ3v) is 4.85. The highest BCUT2D eigenvalue weighted by atomic mass is 16.2. The van der Waals surface area contributed by atoms with Crippen LogP contribution in [0.1, 0.15) is 20.3 Å². The van der Waals surface area contributed by atoms with Crippen LogP contribution in [0.25, 0.3) is 0 Å². The molecule has 4 amide bonds. The summed E-state index contributed by atoms with van der Waals surface area (Å²) in [6.07, 6.45) is 0.283. The van der Waals surface area contributed by atoms with E-state index in [0.29, 0.717) is 36.5 Å². The van der Waals surface area contributed by atoms with Crippen molar-refractivity contribution in [3.63, 3.8) is 0 Å². The highest BCUT2D eigenvalue weighted by Crippen LogP contribution is 2.20. The number of rotatable bonds is 4. The summed E-state index contributed by atoms with van der Waals surface area (Å²) in [5, 5.41) is 8.55. The van der Waals surface area contributed by atoms with Crippen molar-refractivity contribution in [3.05, 3.63) is 24.3 Å². The summed E-state index contributed by atoms with van der Waals surface area (Å²) in [5.74, 6) is -0.314. The number of hydrogen-bond donors (Lipinski definition) is 3. The summed E-state index contributed by atoms with van der Waals surface area (Å²) in [4.78, 5) is 39.1. The molecule has 2 aliphatic rings. The quantitative estimate of drug-likeness (QED) is 0.738. The van der Waals surface area contributed by atoms with E-state index in [0.717, 1.165) is 13.1 Å². The van der Waals surface area contributed by atoms with Crippen LogP contribution in [0, 0.1) is 0 Å². The van der Waals surface area contributed by atoms with E-state index in [1.54, 1.807) is 24.3 Å². The average molecular weight is 359 g/mol. The zero-order chi connectivity index (χ0) is 18.7. The van der Waals surface area contributed by atoms with Crippen LogP contribution >= 0.6 is 0 Å². The fraction of sp³-hybridized carbons (Fsp3) is 0.500. The van der Waals surface area contributed by atoms with Gasteiger partial charge in [0.15, 0.2) is 0 Å². The maximum atomic E-state index is 12.4. The molecule has 2 heterocycles. The third-order valence-electron chi connectivity index (χ3n) is 4.85. The molecule has 2 fully saturated rings. The van der Waals surface area contributed by atoms with E-state index < -0.39 is 6.03 Å². The van der Waals surface area contributed by atoms with Crippen LogP contribution in [0.15, 0.2) is 24.3 Å². The molecule has 140 valence electrons. The largest absolute Gasteiger partial charge is 0.328 e. The Hall–Kier alpha value is -2.45. The van der Waals surface area contributed by atoms with Gasteiger partial charge in [-0.05, 0) is 38.1 Å². The summed E-state index contributed by atoms with van der Waals surface area (Å²) in [6, 6.07) is 7.27. The number of nitrogens with zero attached hydrogens (tertiary/aromatic N) is 2. The van der Waals surface area contributed by atoms with Gasteiger partial charge in [-0.1, -0.05) is 0 Å². The number of hydrogen-bond acceptors (Lipinski definition) is 5. The van der Waals surface area contributed by atoms with Crippen LogP contribution in [0.2, 0.25) is 0 Å². The Balaban J connectivity index is 1.58. The van der Waals surface area contributed by atoms with Crippen LogP contribution in [0.5, 0.6) is 0 Å². The molecule has 3 N–H and O–H groups in total. The number of urea groups is 1. The molecule has 8 nitrogen and oxygen atoms in total. The topological polar surface area (TPSA) is 93.8 Å². The van der Waals surface area contributed by atoms with Crippen LogP contribution in [0.4, 0.5) is 16.2 Å². The minimum absolute atomic E-state index is 0.0559. The Labute approximate surface area is 152 Å². The van der Waals surface area contributed by atoms with E-state index >= 15 is 0 Å². The molecule has 0 saturated carbocycles. The van der Waals surface area contributed by atoms with Crippen molar-refractivity contribution in [3.8, 4) is 0 Å². The highest BCUT2D eigenvalue weighted by Gasteiger charge is 2.26. The van der Waals surface area contributed by atoms with Gasteiger partial charge in [0, 0.05) is 49.5 Å². The molecule has 0 spiro atoms. The number of carbonyl (C=O) groups excluding carboxylic acids is 3. The fourth-order valence-electron chi connectivity index (χ4n) is 3.38. The molecule has 2 atom stereocenters. The van der Waals surface area contributed by atoms with Crippen molar-refractivity contribution in [2.45, 2.75) is 32.4 Å². The Kier molecular flexibility index (Phi) is 5.53. The summed E-state index contributed by atoms with van der Waals surface area (Å²) in [6.45, 7) is 6.69. The second-order valence-electron chi connectivity index (χ2n) is 6.88.